The number of esters is 1. The molecule has 0 bridgehead atoms. The molecule has 1 aromatic carbocycles. The van der Waals surface area contributed by atoms with Gasteiger partial charge in [0, 0.05) is 38.4 Å². The summed E-state index contributed by atoms with van der Waals surface area (Å²) < 4.78 is 15.1. The second-order valence-electron chi connectivity index (χ2n) is 6.58. The number of ether oxygens (including phenoxy) is 3. The number of anilines is 1. The van der Waals surface area contributed by atoms with Gasteiger partial charge in [0.05, 0.1) is 32.0 Å². The van der Waals surface area contributed by atoms with Crippen molar-refractivity contribution in [1.29, 1.82) is 0 Å². The highest BCUT2D eigenvalue weighted by Crippen LogP contribution is 2.37. The normalized spacial score (nSPS) is 17.6. The van der Waals surface area contributed by atoms with Crippen LogP contribution >= 0.6 is 11.6 Å². The van der Waals surface area contributed by atoms with Gasteiger partial charge in [0.2, 0.25) is 0 Å². The summed E-state index contributed by atoms with van der Waals surface area (Å²) in [6.07, 6.45) is 1.51. The fourth-order valence-corrected chi connectivity index (χ4v) is 3.53. The molecule has 1 fully saturated rings. The number of hydrogen-bond acceptors (Lipinski definition) is 7. The molecule has 152 valence electrons. The Hall–Kier alpha value is -2.68. The van der Waals surface area contributed by atoms with Gasteiger partial charge in [-0.1, -0.05) is 16.8 Å². The first-order valence-corrected chi connectivity index (χ1v) is 9.10. The lowest BCUT2D eigenvalue weighted by Crippen LogP contribution is -2.48. The lowest BCUT2D eigenvalue weighted by atomic mass is 9.87. The Labute approximate surface area is 167 Å². The third kappa shape index (κ3) is 3.94. The van der Waals surface area contributed by atoms with Gasteiger partial charge in [0.25, 0.3) is 0 Å². The van der Waals surface area contributed by atoms with Crippen molar-refractivity contribution in [2.24, 2.45) is 5.16 Å². The maximum Gasteiger partial charge on any atom is 0.355 e. The minimum Gasteiger partial charge on any atom is -0.495 e. The molecule has 28 heavy (non-hydrogen) atoms. The van der Waals surface area contributed by atoms with Crippen LogP contribution < -0.4 is 14.8 Å². The third-order valence-electron chi connectivity index (χ3n) is 4.94. The smallest absolute Gasteiger partial charge is 0.355 e. The summed E-state index contributed by atoms with van der Waals surface area (Å²) in [4.78, 5) is 31.5. The van der Waals surface area contributed by atoms with E-state index < -0.39 is 11.6 Å². The van der Waals surface area contributed by atoms with Gasteiger partial charge >= 0.3 is 12.0 Å². The van der Waals surface area contributed by atoms with Gasteiger partial charge in [-0.25, -0.2) is 9.59 Å². The summed E-state index contributed by atoms with van der Waals surface area (Å²) in [5.74, 6) is 0.412. The molecule has 0 aromatic heterocycles. The van der Waals surface area contributed by atoms with Crippen molar-refractivity contribution in [2.75, 3.05) is 39.7 Å². The molecular weight excluding hydrogens is 390 g/mol. The Morgan fingerprint density at radius 2 is 1.86 bits per heavy atom. The number of nitrogens with one attached hydrogen (secondary N) is 1. The van der Waals surface area contributed by atoms with Crippen LogP contribution in [0.25, 0.3) is 0 Å². The van der Waals surface area contributed by atoms with Crippen LogP contribution in [0, 0.1) is 0 Å². The van der Waals surface area contributed by atoms with E-state index in [1.54, 1.807) is 17.0 Å². The van der Waals surface area contributed by atoms with E-state index in [1.807, 2.05) is 0 Å². The van der Waals surface area contributed by atoms with E-state index >= 15 is 0 Å². The van der Waals surface area contributed by atoms with Gasteiger partial charge in [0.1, 0.15) is 17.1 Å². The number of amides is 2. The van der Waals surface area contributed by atoms with Crippen molar-refractivity contribution in [3.63, 3.8) is 0 Å². The zero-order valence-corrected chi connectivity index (χ0v) is 16.7. The zero-order valence-electron chi connectivity index (χ0n) is 15.9. The summed E-state index contributed by atoms with van der Waals surface area (Å²) in [6, 6.07) is 2.92. The predicted molar refractivity (Wildman–Crippen MR) is 102 cm³/mol. The number of carbonyl (C=O) groups excluding carboxylic acids is 2. The molecule has 0 unspecified atom stereocenters. The molecule has 2 heterocycles. The van der Waals surface area contributed by atoms with Crippen molar-refractivity contribution in [3.05, 3.63) is 17.2 Å². The lowest BCUT2D eigenvalue weighted by Gasteiger charge is -2.37. The second-order valence-corrected chi connectivity index (χ2v) is 6.99. The first-order valence-electron chi connectivity index (χ1n) is 8.72. The Morgan fingerprint density at radius 1 is 1.18 bits per heavy atom. The van der Waals surface area contributed by atoms with Crippen LogP contribution in [0.2, 0.25) is 5.02 Å². The van der Waals surface area contributed by atoms with Crippen LogP contribution in [-0.2, 0) is 14.4 Å². The van der Waals surface area contributed by atoms with Gasteiger partial charge in [-0.3, -0.25) is 0 Å². The average molecular weight is 412 g/mol. The topological polar surface area (TPSA) is 98.7 Å². The molecule has 0 atom stereocenters. The molecule has 3 rings (SSSR count). The zero-order chi connectivity index (χ0) is 20.3. The van der Waals surface area contributed by atoms with E-state index in [0.717, 1.165) is 0 Å². The van der Waals surface area contributed by atoms with Crippen molar-refractivity contribution < 1.29 is 28.6 Å². The maximum atomic E-state index is 12.7. The molecule has 0 aliphatic carbocycles. The number of benzene rings is 1. The number of halogens is 1. The second kappa shape index (κ2) is 8.14. The fourth-order valence-electron chi connectivity index (χ4n) is 3.29. The van der Waals surface area contributed by atoms with Crippen molar-refractivity contribution in [2.45, 2.75) is 24.9 Å². The summed E-state index contributed by atoms with van der Waals surface area (Å²) in [7, 11) is 4.31. The van der Waals surface area contributed by atoms with E-state index in [9.17, 15) is 9.59 Å². The molecule has 0 radical (unpaired) electrons. The number of nitrogens with zero attached hydrogens (tertiary/aromatic N) is 2. The van der Waals surface area contributed by atoms with Crippen molar-refractivity contribution in [3.8, 4) is 11.5 Å². The molecule has 1 N–H and O–H groups in total. The number of piperidine rings is 1. The van der Waals surface area contributed by atoms with E-state index in [0.29, 0.717) is 54.6 Å². The summed E-state index contributed by atoms with van der Waals surface area (Å²) in [6.45, 7) is 0.921. The molecule has 2 amide bonds. The molecule has 2 aliphatic heterocycles. The standard InChI is InChI=1S/C18H22ClN3O6/c1-25-14-9-15(26-2)12(8-11(14)19)20-17(24)22-6-4-18(5-7-22)10-13(21-28-18)16(23)27-3/h8-9H,4-7,10H2,1-3H3,(H,20,24). The molecule has 1 aromatic rings. The number of oxime groups is 1. The Balaban J connectivity index is 1.61. The van der Waals surface area contributed by atoms with Crippen LogP contribution in [0.3, 0.4) is 0 Å². The van der Waals surface area contributed by atoms with Crippen molar-refractivity contribution >= 4 is 35.0 Å². The molecule has 1 saturated heterocycles. The Morgan fingerprint density at radius 3 is 2.46 bits per heavy atom. The van der Waals surface area contributed by atoms with Gasteiger partial charge < -0.3 is 29.3 Å². The van der Waals surface area contributed by atoms with Crippen LogP contribution in [-0.4, -0.2) is 62.6 Å². The van der Waals surface area contributed by atoms with Crippen LogP contribution in [0.5, 0.6) is 11.5 Å². The molecule has 2 aliphatic rings. The summed E-state index contributed by atoms with van der Waals surface area (Å²) >= 11 is 6.15. The molecule has 10 heteroatoms. The number of urea groups is 1. The third-order valence-corrected chi connectivity index (χ3v) is 5.23. The van der Waals surface area contributed by atoms with E-state index in [1.165, 1.54) is 21.3 Å². The molecule has 9 nitrogen and oxygen atoms in total. The van der Waals surface area contributed by atoms with Gasteiger partial charge in [-0.15, -0.1) is 0 Å². The van der Waals surface area contributed by atoms with E-state index in [2.05, 4.69) is 15.2 Å². The minimum absolute atomic E-state index is 0.276. The van der Waals surface area contributed by atoms with Crippen molar-refractivity contribution in [1.82, 2.24) is 4.90 Å². The van der Waals surface area contributed by atoms with E-state index in [4.69, 9.17) is 25.9 Å². The monoisotopic (exact) mass is 411 g/mol. The largest absolute Gasteiger partial charge is 0.495 e. The van der Waals surface area contributed by atoms with Gasteiger partial charge in [-0.2, -0.15) is 0 Å². The number of carbonyl (C=O) groups is 2. The maximum absolute atomic E-state index is 12.7. The van der Waals surface area contributed by atoms with Crippen LogP contribution in [0.4, 0.5) is 10.5 Å². The molecule has 0 saturated carbocycles. The van der Waals surface area contributed by atoms with Gasteiger partial charge in [-0.05, 0) is 6.07 Å². The van der Waals surface area contributed by atoms with Crippen LogP contribution in [0.1, 0.15) is 19.3 Å². The highest BCUT2D eigenvalue weighted by atomic mass is 35.5. The Bertz CT molecular complexity index is 805. The number of rotatable bonds is 4. The molecular formula is C18H22ClN3O6. The quantitative estimate of drug-likeness (QED) is 0.765. The highest BCUT2D eigenvalue weighted by Gasteiger charge is 2.44. The highest BCUT2D eigenvalue weighted by molar-refractivity contribution is 6.36. The van der Waals surface area contributed by atoms with E-state index in [-0.39, 0.29) is 11.7 Å². The number of hydrogen-bond donors (Lipinski definition) is 1. The fraction of sp³-hybridized carbons (Fsp3) is 0.500. The number of methoxy groups -OCH3 is 3. The predicted octanol–water partition coefficient (Wildman–Crippen LogP) is 2.67. The first kappa shape index (κ1) is 20.1. The van der Waals surface area contributed by atoms with Gasteiger partial charge in [0.15, 0.2) is 5.71 Å². The molecule has 1 spiro atoms. The SMILES string of the molecule is COC(=O)C1=NOC2(CCN(C(=O)Nc3cc(Cl)c(OC)cc3OC)CC2)C1. The summed E-state index contributed by atoms with van der Waals surface area (Å²) in [5, 5.41) is 7.03. The Kier molecular flexibility index (Phi) is 5.83. The number of likely N-dealkylation sites (tertiary alicyclic amines) is 1. The van der Waals surface area contributed by atoms with Crippen LogP contribution in [0.15, 0.2) is 17.3 Å². The first-order chi connectivity index (χ1) is 13.4. The lowest BCUT2D eigenvalue weighted by molar-refractivity contribution is -0.132. The minimum atomic E-state index is -0.554. The average Bonchev–Trinajstić information content (AvgIpc) is 3.11. The summed E-state index contributed by atoms with van der Waals surface area (Å²) in [5.41, 5.74) is 0.173.